The fourth-order valence-electron chi connectivity index (χ4n) is 3.51. The molecule has 0 atom stereocenters. The van der Waals surface area contributed by atoms with E-state index in [1.54, 1.807) is 4.90 Å². The van der Waals surface area contributed by atoms with Crippen molar-refractivity contribution < 1.29 is 9.59 Å². The highest BCUT2D eigenvalue weighted by Crippen LogP contribution is 2.23. The van der Waals surface area contributed by atoms with Gasteiger partial charge in [0.1, 0.15) is 0 Å². The Morgan fingerprint density at radius 2 is 1.67 bits per heavy atom. The number of hydrogen-bond donors (Lipinski definition) is 1. The van der Waals surface area contributed by atoms with Crippen LogP contribution in [0.4, 0.5) is 4.79 Å². The van der Waals surface area contributed by atoms with Crippen LogP contribution in [0.15, 0.2) is 18.2 Å². The van der Waals surface area contributed by atoms with Gasteiger partial charge in [0.05, 0.1) is 0 Å². The van der Waals surface area contributed by atoms with Gasteiger partial charge in [-0.1, -0.05) is 13.0 Å². The molecule has 0 bridgehead atoms. The molecule has 1 fully saturated rings. The molecule has 1 aliphatic heterocycles. The molecule has 5 nitrogen and oxygen atoms in total. The summed E-state index contributed by atoms with van der Waals surface area (Å²) in [5, 5.41) is 2.90. The molecule has 1 aromatic carbocycles. The number of nitrogens with zero attached hydrogens (tertiary/aromatic N) is 2. The first-order valence-electron chi connectivity index (χ1n) is 9.13. The predicted octanol–water partition coefficient (Wildman–Crippen LogP) is 2.44. The lowest BCUT2D eigenvalue weighted by Gasteiger charge is -2.35. The van der Waals surface area contributed by atoms with E-state index >= 15 is 0 Å². The highest BCUT2D eigenvalue weighted by Gasteiger charge is 2.25. The highest BCUT2D eigenvalue weighted by atomic mass is 16.2. The molecule has 1 saturated heterocycles. The molecule has 0 unspecified atom stereocenters. The first-order valence-corrected chi connectivity index (χ1v) is 9.13. The number of rotatable bonds is 3. The van der Waals surface area contributed by atoms with Crippen LogP contribution in [0.5, 0.6) is 0 Å². The van der Waals surface area contributed by atoms with Gasteiger partial charge in [0, 0.05) is 38.3 Å². The number of carbonyl (C=O) groups excluding carboxylic acids is 2. The number of nitrogens with one attached hydrogen (secondary N) is 1. The number of aryl methyl sites for hydroxylation is 2. The molecule has 1 aromatic rings. The summed E-state index contributed by atoms with van der Waals surface area (Å²) >= 11 is 0. The number of hydrogen-bond acceptors (Lipinski definition) is 2. The van der Waals surface area contributed by atoms with E-state index in [4.69, 9.17) is 0 Å². The fourth-order valence-corrected chi connectivity index (χ4v) is 3.51. The molecule has 2 aliphatic rings. The van der Waals surface area contributed by atoms with Gasteiger partial charge >= 0.3 is 6.03 Å². The van der Waals surface area contributed by atoms with Gasteiger partial charge in [-0.25, -0.2) is 4.79 Å². The molecule has 130 valence electrons. The molecule has 3 rings (SSSR count). The van der Waals surface area contributed by atoms with E-state index in [9.17, 15) is 9.59 Å². The first-order chi connectivity index (χ1) is 11.7. The lowest BCUT2D eigenvalue weighted by molar-refractivity contribution is 0.0665. The third kappa shape index (κ3) is 3.71. The Morgan fingerprint density at radius 3 is 2.38 bits per heavy atom. The minimum atomic E-state index is -0.0160. The van der Waals surface area contributed by atoms with E-state index in [0.29, 0.717) is 32.7 Å². The number of fused-ring (bicyclic) bond motifs is 1. The second-order valence-corrected chi connectivity index (χ2v) is 6.70. The SMILES string of the molecule is CCCNC(=O)N1CCN(C(=O)c2ccc3c(c2)CCCC3)CC1. The van der Waals surface area contributed by atoms with Gasteiger partial charge in [-0.2, -0.15) is 0 Å². The molecule has 1 N–H and O–H groups in total. The quantitative estimate of drug-likeness (QED) is 0.926. The van der Waals surface area contributed by atoms with Crippen LogP contribution in [0.3, 0.4) is 0 Å². The van der Waals surface area contributed by atoms with Crippen LogP contribution in [0, 0.1) is 0 Å². The molecular formula is C19H27N3O2. The number of amides is 3. The minimum Gasteiger partial charge on any atom is -0.338 e. The summed E-state index contributed by atoms with van der Waals surface area (Å²) in [4.78, 5) is 28.4. The van der Waals surface area contributed by atoms with E-state index in [1.807, 2.05) is 17.9 Å². The van der Waals surface area contributed by atoms with Gasteiger partial charge in [-0.3, -0.25) is 4.79 Å². The Hall–Kier alpha value is -2.04. The Kier molecular flexibility index (Phi) is 5.38. The Labute approximate surface area is 144 Å². The van der Waals surface area contributed by atoms with Crippen molar-refractivity contribution >= 4 is 11.9 Å². The molecule has 1 aliphatic carbocycles. The second-order valence-electron chi connectivity index (χ2n) is 6.70. The molecule has 0 spiro atoms. The van der Waals surface area contributed by atoms with Crippen molar-refractivity contribution in [3.8, 4) is 0 Å². The maximum atomic E-state index is 12.7. The molecule has 0 saturated carbocycles. The first kappa shape index (κ1) is 16.8. The summed E-state index contributed by atoms with van der Waals surface area (Å²) in [7, 11) is 0. The van der Waals surface area contributed by atoms with Crippen LogP contribution >= 0.6 is 0 Å². The molecular weight excluding hydrogens is 302 g/mol. The zero-order chi connectivity index (χ0) is 16.9. The van der Waals surface area contributed by atoms with Crippen LogP contribution in [0.1, 0.15) is 47.7 Å². The fraction of sp³-hybridized carbons (Fsp3) is 0.579. The number of urea groups is 1. The summed E-state index contributed by atoms with van der Waals surface area (Å²) in [6.07, 6.45) is 5.62. The predicted molar refractivity (Wildman–Crippen MR) is 94.3 cm³/mol. The summed E-state index contributed by atoms with van der Waals surface area (Å²) in [5.74, 6) is 0.0944. The van der Waals surface area contributed by atoms with E-state index in [1.165, 1.54) is 24.0 Å². The standard InChI is InChI=1S/C19H27N3O2/c1-2-9-20-19(24)22-12-10-21(11-13-22)18(23)17-8-7-15-5-3-4-6-16(15)14-17/h7-8,14H,2-6,9-13H2,1H3,(H,20,24). The van der Waals surface area contributed by atoms with Crippen molar-refractivity contribution in [1.82, 2.24) is 15.1 Å². The lowest BCUT2D eigenvalue weighted by atomic mass is 9.90. The summed E-state index contributed by atoms with van der Waals surface area (Å²) in [5.41, 5.74) is 3.53. The third-order valence-corrected chi connectivity index (χ3v) is 4.98. The molecule has 0 aromatic heterocycles. The van der Waals surface area contributed by atoms with Crippen LogP contribution in [0.25, 0.3) is 0 Å². The van der Waals surface area contributed by atoms with Crippen molar-refractivity contribution in [2.75, 3.05) is 32.7 Å². The Morgan fingerprint density at radius 1 is 1.00 bits per heavy atom. The van der Waals surface area contributed by atoms with E-state index in [0.717, 1.165) is 24.8 Å². The number of benzene rings is 1. The van der Waals surface area contributed by atoms with E-state index in [2.05, 4.69) is 17.4 Å². The topological polar surface area (TPSA) is 52.7 Å². The summed E-state index contributed by atoms with van der Waals surface area (Å²) in [6, 6.07) is 6.15. The average molecular weight is 329 g/mol. The van der Waals surface area contributed by atoms with E-state index in [-0.39, 0.29) is 11.9 Å². The maximum Gasteiger partial charge on any atom is 0.317 e. The van der Waals surface area contributed by atoms with Crippen LogP contribution in [-0.4, -0.2) is 54.5 Å². The number of carbonyl (C=O) groups is 2. The van der Waals surface area contributed by atoms with Gasteiger partial charge in [-0.15, -0.1) is 0 Å². The maximum absolute atomic E-state index is 12.7. The van der Waals surface area contributed by atoms with Gasteiger partial charge < -0.3 is 15.1 Å². The van der Waals surface area contributed by atoms with Crippen molar-refractivity contribution in [2.24, 2.45) is 0 Å². The van der Waals surface area contributed by atoms with Crippen molar-refractivity contribution in [1.29, 1.82) is 0 Å². The van der Waals surface area contributed by atoms with Crippen LogP contribution in [-0.2, 0) is 12.8 Å². The van der Waals surface area contributed by atoms with Crippen molar-refractivity contribution in [3.63, 3.8) is 0 Å². The minimum absolute atomic E-state index is 0.0160. The highest BCUT2D eigenvalue weighted by molar-refractivity contribution is 5.94. The average Bonchev–Trinajstić information content (AvgIpc) is 2.65. The largest absolute Gasteiger partial charge is 0.338 e. The summed E-state index contributed by atoms with van der Waals surface area (Å²) in [6.45, 7) is 5.16. The summed E-state index contributed by atoms with van der Waals surface area (Å²) < 4.78 is 0. The Balaban J connectivity index is 1.58. The van der Waals surface area contributed by atoms with Gasteiger partial charge in [0.25, 0.3) is 5.91 Å². The van der Waals surface area contributed by atoms with Crippen LogP contribution < -0.4 is 5.32 Å². The van der Waals surface area contributed by atoms with Gasteiger partial charge in [0.2, 0.25) is 0 Å². The number of piperazine rings is 1. The molecule has 0 radical (unpaired) electrons. The molecule has 5 heteroatoms. The van der Waals surface area contributed by atoms with Gasteiger partial charge in [0.15, 0.2) is 0 Å². The molecule has 24 heavy (non-hydrogen) atoms. The normalized spacial score (nSPS) is 17.4. The Bertz CT molecular complexity index is 607. The molecule has 3 amide bonds. The van der Waals surface area contributed by atoms with Crippen molar-refractivity contribution in [2.45, 2.75) is 39.0 Å². The second kappa shape index (κ2) is 7.69. The smallest absolute Gasteiger partial charge is 0.317 e. The monoisotopic (exact) mass is 329 g/mol. The third-order valence-electron chi connectivity index (χ3n) is 4.98. The van der Waals surface area contributed by atoms with Crippen molar-refractivity contribution in [3.05, 3.63) is 34.9 Å². The van der Waals surface area contributed by atoms with Gasteiger partial charge in [-0.05, 0) is 55.4 Å². The van der Waals surface area contributed by atoms with Crippen LogP contribution in [0.2, 0.25) is 0 Å². The zero-order valence-electron chi connectivity index (χ0n) is 14.5. The lowest BCUT2D eigenvalue weighted by Crippen LogP contribution is -2.53. The van der Waals surface area contributed by atoms with E-state index < -0.39 is 0 Å². The molecule has 1 heterocycles. The zero-order valence-corrected chi connectivity index (χ0v) is 14.5.